The number of methoxy groups -OCH3 is 1. The number of nitrogens with zero attached hydrogens (tertiary/aromatic N) is 4. The van der Waals surface area contributed by atoms with Crippen LogP contribution in [0.3, 0.4) is 0 Å². The highest BCUT2D eigenvalue weighted by molar-refractivity contribution is 6.74. The average molecular weight is 774 g/mol. The van der Waals surface area contributed by atoms with Gasteiger partial charge in [0.05, 0.1) is 37.8 Å². The van der Waals surface area contributed by atoms with Gasteiger partial charge in [-0.25, -0.2) is 4.79 Å². The topological polar surface area (TPSA) is 197 Å². The van der Waals surface area contributed by atoms with Crippen LogP contribution >= 0.6 is 0 Å². The van der Waals surface area contributed by atoms with Crippen molar-refractivity contribution in [2.45, 2.75) is 122 Å². The van der Waals surface area contributed by atoms with Gasteiger partial charge in [-0.3, -0.25) is 14.4 Å². The highest BCUT2D eigenvalue weighted by atomic mass is 28.4. The van der Waals surface area contributed by atoms with Gasteiger partial charge in [-0.1, -0.05) is 62.3 Å². The molecule has 3 amide bonds. The Kier molecular flexibility index (Phi) is 16.4. The number of hydrogen-bond acceptors (Lipinski definition) is 12. The van der Waals surface area contributed by atoms with E-state index in [1.54, 1.807) is 13.8 Å². The van der Waals surface area contributed by atoms with Gasteiger partial charge in [0.25, 0.3) is 11.8 Å². The third-order valence-electron chi connectivity index (χ3n) is 9.14. The molecule has 1 N–H and O–H groups in total. The molecule has 2 heterocycles. The van der Waals surface area contributed by atoms with E-state index in [9.17, 15) is 19.2 Å². The maximum absolute atomic E-state index is 13.9. The predicted molar refractivity (Wildman–Crippen MR) is 201 cm³/mol. The summed E-state index contributed by atoms with van der Waals surface area (Å²) in [6.07, 6.45) is 3.14. The van der Waals surface area contributed by atoms with Gasteiger partial charge < -0.3 is 38.3 Å². The number of allylic oxidation sites excluding steroid dienone is 2. The van der Waals surface area contributed by atoms with Gasteiger partial charge in [-0.15, -0.1) is 5.06 Å². The summed E-state index contributed by atoms with van der Waals surface area (Å²) in [6, 6.07) is 6.36. The molecule has 298 valence electrons. The molecule has 0 radical (unpaired) electrons. The van der Waals surface area contributed by atoms with E-state index in [2.05, 4.69) is 15.3 Å². The fourth-order valence-electron chi connectivity index (χ4n) is 5.56. The molecule has 0 spiro atoms. The van der Waals surface area contributed by atoms with E-state index in [-0.39, 0.29) is 37.3 Å². The van der Waals surface area contributed by atoms with Crippen molar-refractivity contribution < 1.29 is 52.1 Å². The summed E-state index contributed by atoms with van der Waals surface area (Å²) in [5.41, 5.74) is 10.0. The minimum absolute atomic E-state index is 0.112. The van der Waals surface area contributed by atoms with Crippen molar-refractivity contribution in [3.8, 4) is 5.75 Å². The minimum Gasteiger partial charge on any atom is -0.494 e. The van der Waals surface area contributed by atoms with Gasteiger partial charge in [0, 0.05) is 24.9 Å². The molecule has 0 saturated carbocycles. The van der Waals surface area contributed by atoms with Crippen LogP contribution in [-0.4, -0.2) is 100 Å². The lowest BCUT2D eigenvalue weighted by atomic mass is 9.97. The third kappa shape index (κ3) is 13.0. The Bertz CT molecular complexity index is 1540. The Morgan fingerprint density at radius 3 is 2.39 bits per heavy atom. The minimum atomic E-state index is -2.43. The number of carbonyl (C=O) groups excluding carboxylic acids is 4. The van der Waals surface area contributed by atoms with Crippen LogP contribution in [0.2, 0.25) is 18.1 Å². The molecule has 16 nitrogen and oxygen atoms in total. The van der Waals surface area contributed by atoms with Gasteiger partial charge >= 0.3 is 5.97 Å². The molecule has 5 atom stereocenters. The van der Waals surface area contributed by atoms with Gasteiger partial charge in [-0.2, -0.15) is 0 Å². The Labute approximate surface area is 318 Å². The Morgan fingerprint density at radius 2 is 1.80 bits per heavy atom. The fourth-order valence-corrected chi connectivity index (χ4v) is 6.90. The molecular weight excluding hydrogens is 719 g/mol. The molecule has 2 saturated heterocycles. The SMILES string of the molecule is CCOc1ccc(/C=C/C=C/C[C@@H]2OC(C)(C)O[C@H]2[C@@H](NC(=O)C[C@H](CN=[N+]=[N-])O[Si](C)(C)C(C)(C)C)[C@H](OCOC)C(=O)ON2C(=O)CCC2=O)cc1. The Morgan fingerprint density at radius 1 is 1.13 bits per heavy atom. The van der Waals surface area contributed by atoms with Crippen molar-refractivity contribution in [3.63, 3.8) is 0 Å². The van der Waals surface area contributed by atoms with E-state index in [0.717, 1.165) is 11.3 Å². The zero-order valence-corrected chi connectivity index (χ0v) is 33.7. The van der Waals surface area contributed by atoms with E-state index in [1.807, 2.05) is 89.4 Å². The molecular formula is C37H55N5O11Si. The van der Waals surface area contributed by atoms with Gasteiger partial charge in [0.15, 0.2) is 20.2 Å². The van der Waals surface area contributed by atoms with Gasteiger partial charge in [-0.05, 0) is 68.6 Å². The maximum Gasteiger partial charge on any atom is 0.363 e. The van der Waals surface area contributed by atoms with Crippen LogP contribution < -0.4 is 10.1 Å². The summed E-state index contributed by atoms with van der Waals surface area (Å²) in [4.78, 5) is 60.6. The van der Waals surface area contributed by atoms with Crippen molar-refractivity contribution in [3.05, 3.63) is 58.5 Å². The van der Waals surface area contributed by atoms with Crippen LogP contribution in [0.15, 0.2) is 47.6 Å². The summed E-state index contributed by atoms with van der Waals surface area (Å²) < 4.78 is 35.5. The second-order valence-corrected chi connectivity index (χ2v) is 19.6. The van der Waals surface area contributed by atoms with Crippen LogP contribution in [0.5, 0.6) is 5.75 Å². The normalized spacial score (nSPS) is 20.6. The number of hydroxylamine groups is 2. The van der Waals surface area contributed by atoms with Crippen molar-refractivity contribution >= 4 is 38.1 Å². The standard InChI is InChI=1S/C37H55N5O11Si/c1-10-48-26-18-16-25(17-19-26)14-12-11-13-15-28-33(51-37(5,6)50-28)32(34(49-24-47-7)35(46)52-42-30(44)20-21-31(42)45)40-29(43)22-27(23-39-41-38)53-54(8,9)36(2,3)4/h11-14,16-19,27-28,32-34H,10,15,20-24H2,1-9H3,(H,40,43)/b13-11+,14-12+/t27-,28+,32-,33-,34+/m1/s1. The number of amides is 3. The number of azide groups is 1. The molecule has 0 unspecified atom stereocenters. The second-order valence-electron chi connectivity index (χ2n) is 14.9. The van der Waals surface area contributed by atoms with E-state index in [0.29, 0.717) is 11.7 Å². The van der Waals surface area contributed by atoms with E-state index in [4.69, 9.17) is 38.5 Å². The van der Waals surface area contributed by atoms with Crippen molar-refractivity contribution in [2.24, 2.45) is 5.11 Å². The smallest absolute Gasteiger partial charge is 0.363 e. The largest absolute Gasteiger partial charge is 0.494 e. The van der Waals surface area contributed by atoms with Crippen molar-refractivity contribution in [1.29, 1.82) is 0 Å². The molecule has 54 heavy (non-hydrogen) atoms. The molecule has 3 rings (SSSR count). The average Bonchev–Trinajstić information content (AvgIpc) is 3.58. The van der Waals surface area contributed by atoms with E-state index in [1.165, 1.54) is 7.11 Å². The number of hydrogen-bond donors (Lipinski definition) is 1. The lowest BCUT2D eigenvalue weighted by molar-refractivity contribution is -0.213. The number of nitrogens with one attached hydrogen (secondary N) is 1. The number of ether oxygens (including phenoxy) is 5. The predicted octanol–water partition coefficient (Wildman–Crippen LogP) is 5.74. The highest BCUT2D eigenvalue weighted by Gasteiger charge is 2.51. The first kappa shape index (κ1) is 44.3. The number of carbonyl (C=O) groups is 4. The molecule has 2 aliphatic heterocycles. The first-order chi connectivity index (χ1) is 25.4. The van der Waals surface area contributed by atoms with Crippen molar-refractivity contribution in [1.82, 2.24) is 10.4 Å². The van der Waals surface area contributed by atoms with Crippen LogP contribution in [0.1, 0.15) is 72.8 Å². The quantitative estimate of drug-likeness (QED) is 0.0323. The third-order valence-corrected chi connectivity index (χ3v) is 13.7. The number of benzene rings is 1. The van der Waals surface area contributed by atoms with Gasteiger partial charge in [0.2, 0.25) is 5.91 Å². The zero-order chi connectivity index (χ0) is 40.1. The fraction of sp³-hybridized carbons (Fsp3) is 0.622. The first-order valence-electron chi connectivity index (χ1n) is 18.0. The second kappa shape index (κ2) is 20.0. The molecule has 0 aromatic heterocycles. The number of imide groups is 1. The van der Waals surface area contributed by atoms with Crippen LogP contribution in [0, 0.1) is 0 Å². The molecule has 1 aromatic carbocycles. The highest BCUT2D eigenvalue weighted by Crippen LogP contribution is 2.38. The Hall–Kier alpha value is -4.09. The lowest BCUT2D eigenvalue weighted by Crippen LogP contribution is -2.59. The number of rotatable bonds is 20. The van der Waals surface area contributed by atoms with Crippen molar-refractivity contribution in [2.75, 3.05) is 27.1 Å². The summed E-state index contributed by atoms with van der Waals surface area (Å²) in [5.74, 6) is -3.47. The molecule has 2 aliphatic rings. The first-order valence-corrected chi connectivity index (χ1v) is 20.9. The summed E-state index contributed by atoms with van der Waals surface area (Å²) >= 11 is 0. The molecule has 0 aliphatic carbocycles. The lowest BCUT2D eigenvalue weighted by Gasteiger charge is -2.39. The van der Waals surface area contributed by atoms with Crippen LogP contribution in [0.4, 0.5) is 0 Å². The van der Waals surface area contributed by atoms with Gasteiger partial charge in [0.1, 0.15) is 18.6 Å². The monoisotopic (exact) mass is 773 g/mol. The zero-order valence-electron chi connectivity index (χ0n) is 32.7. The van der Waals surface area contributed by atoms with Crippen LogP contribution in [0.25, 0.3) is 16.5 Å². The molecule has 2 fully saturated rings. The Balaban J connectivity index is 1.94. The summed E-state index contributed by atoms with van der Waals surface area (Å²) in [5, 5.41) is 6.75. The molecule has 17 heteroatoms. The maximum atomic E-state index is 13.9. The van der Waals surface area contributed by atoms with E-state index >= 15 is 0 Å². The van der Waals surface area contributed by atoms with Crippen LogP contribution in [-0.2, 0) is 47.4 Å². The summed E-state index contributed by atoms with van der Waals surface area (Å²) in [6.45, 7) is 15.5. The van der Waals surface area contributed by atoms with E-state index < -0.39 is 75.0 Å². The molecule has 0 bridgehead atoms. The summed E-state index contributed by atoms with van der Waals surface area (Å²) in [7, 11) is -1.09. The molecule has 1 aromatic rings.